The quantitative estimate of drug-likeness (QED) is 0.319. The minimum atomic E-state index is -0.533. The summed E-state index contributed by atoms with van der Waals surface area (Å²) in [5, 5.41) is 13.5. The summed E-state index contributed by atoms with van der Waals surface area (Å²) in [4.78, 5) is 24.9. The molecule has 0 saturated carbocycles. The smallest absolute Gasteiger partial charge is 0.325 e. The number of nitrogens with one attached hydrogen (secondary N) is 2. The fourth-order valence-corrected chi connectivity index (χ4v) is 3.51. The third-order valence-corrected chi connectivity index (χ3v) is 5.39. The highest BCUT2D eigenvalue weighted by Gasteiger charge is 2.20. The number of para-hydroxylation sites is 2. The Morgan fingerprint density at radius 3 is 2.27 bits per heavy atom. The Balaban J connectivity index is 1.60. The number of ether oxygens (including phenoxy) is 1. The molecule has 1 atom stereocenters. The Hall–Kier alpha value is -3.78. The van der Waals surface area contributed by atoms with E-state index in [0.717, 1.165) is 18.4 Å². The van der Waals surface area contributed by atoms with Crippen molar-refractivity contribution < 1.29 is 14.3 Å². The number of hydrogen-bond donors (Lipinski definition) is 3. The van der Waals surface area contributed by atoms with Crippen LogP contribution in [0.25, 0.3) is 11.3 Å². The topological polar surface area (TPSA) is 119 Å². The van der Waals surface area contributed by atoms with Gasteiger partial charge in [0, 0.05) is 11.6 Å². The summed E-state index contributed by atoms with van der Waals surface area (Å²) in [6, 6.07) is 19.0. The van der Waals surface area contributed by atoms with Crippen LogP contribution in [0.15, 0.2) is 66.7 Å². The van der Waals surface area contributed by atoms with Crippen LogP contribution in [-0.2, 0) is 4.79 Å². The van der Waals surface area contributed by atoms with Crippen molar-refractivity contribution >= 4 is 23.5 Å². The van der Waals surface area contributed by atoms with Gasteiger partial charge < -0.3 is 15.8 Å². The number of benzene rings is 2. The van der Waals surface area contributed by atoms with E-state index < -0.39 is 12.0 Å². The molecule has 0 spiro atoms. The van der Waals surface area contributed by atoms with Gasteiger partial charge in [-0.25, -0.2) is 4.79 Å². The van der Waals surface area contributed by atoms with Gasteiger partial charge in [0.1, 0.15) is 0 Å². The van der Waals surface area contributed by atoms with Crippen LogP contribution in [-0.4, -0.2) is 28.2 Å². The van der Waals surface area contributed by atoms with Crippen LogP contribution in [0, 0.1) is 5.92 Å². The van der Waals surface area contributed by atoms with Crippen molar-refractivity contribution in [2.75, 3.05) is 10.6 Å². The monoisotopic (exact) mass is 447 g/mol. The Kier molecular flexibility index (Phi) is 8.49. The zero-order valence-electron chi connectivity index (χ0n) is 18.8. The van der Waals surface area contributed by atoms with Gasteiger partial charge in [-0.05, 0) is 30.2 Å². The van der Waals surface area contributed by atoms with Crippen molar-refractivity contribution in [1.29, 1.82) is 0 Å². The highest BCUT2D eigenvalue weighted by molar-refractivity contribution is 6.00. The van der Waals surface area contributed by atoms with Gasteiger partial charge in [0.15, 0.2) is 11.6 Å². The molecule has 0 saturated heterocycles. The van der Waals surface area contributed by atoms with Crippen LogP contribution in [0.4, 0.5) is 16.3 Å². The molecule has 3 rings (SSSR count). The number of rotatable bonds is 9. The fraction of sp³-hybridized carbons (Fsp3) is 0.280. The molecule has 0 aliphatic carbocycles. The minimum absolute atomic E-state index is 0.107. The first kappa shape index (κ1) is 23.9. The lowest BCUT2D eigenvalue weighted by atomic mass is 9.93. The predicted octanol–water partition coefficient (Wildman–Crippen LogP) is 4.85. The lowest BCUT2D eigenvalue weighted by Gasteiger charge is -2.20. The normalized spacial score (nSPS) is 11.6. The average Bonchev–Trinajstić information content (AvgIpc) is 2.82. The minimum Gasteiger partial charge on any atom is -0.424 e. The van der Waals surface area contributed by atoms with Crippen LogP contribution in [0.2, 0.25) is 0 Å². The van der Waals surface area contributed by atoms with Gasteiger partial charge in [-0.15, -0.1) is 10.2 Å². The van der Waals surface area contributed by atoms with Gasteiger partial charge in [-0.1, -0.05) is 69.2 Å². The molecule has 8 heteroatoms. The summed E-state index contributed by atoms with van der Waals surface area (Å²) >= 11 is 0. The van der Waals surface area contributed by atoms with Gasteiger partial charge in [0.05, 0.1) is 17.8 Å². The fourth-order valence-electron chi connectivity index (χ4n) is 3.51. The first-order chi connectivity index (χ1) is 16.0. The van der Waals surface area contributed by atoms with Gasteiger partial charge in [-0.2, -0.15) is 0 Å². The van der Waals surface area contributed by atoms with Crippen molar-refractivity contribution in [2.45, 2.75) is 39.2 Å². The third kappa shape index (κ3) is 6.85. The zero-order chi connectivity index (χ0) is 23.6. The van der Waals surface area contributed by atoms with E-state index in [-0.39, 0.29) is 29.9 Å². The summed E-state index contributed by atoms with van der Waals surface area (Å²) in [5.74, 6) is 0.357. The molecular weight excluding hydrogens is 418 g/mol. The maximum Gasteiger partial charge on any atom is 0.325 e. The van der Waals surface area contributed by atoms with E-state index in [9.17, 15) is 9.59 Å². The largest absolute Gasteiger partial charge is 0.424 e. The van der Waals surface area contributed by atoms with Crippen LogP contribution < -0.4 is 21.1 Å². The number of aromatic nitrogens is 2. The number of nitrogens with zero attached hydrogens (tertiary/aromatic N) is 2. The molecule has 33 heavy (non-hydrogen) atoms. The molecular formula is C25H29N5O3. The lowest BCUT2D eigenvalue weighted by molar-refractivity contribution is -0.135. The molecule has 0 radical (unpaired) electrons. The van der Waals surface area contributed by atoms with Crippen molar-refractivity contribution in [3.63, 3.8) is 0 Å². The van der Waals surface area contributed by atoms with E-state index in [2.05, 4.69) is 34.7 Å². The van der Waals surface area contributed by atoms with Crippen molar-refractivity contribution in [3.05, 3.63) is 66.7 Å². The van der Waals surface area contributed by atoms with E-state index in [1.807, 2.05) is 30.3 Å². The standard InChI is InChI=1S/C25H29N5O3/c1-3-17(4-2)19(26)16-24(31)33-22-13-9-8-12-21(22)27-25(32)28-23-15-14-20(29-30-23)18-10-6-5-7-11-18/h5-15,17,19H,3-4,16,26H2,1-2H3,(H2,27,28,30,32). The van der Waals surface area contributed by atoms with E-state index in [1.165, 1.54) is 0 Å². The number of urea groups is 1. The Morgan fingerprint density at radius 2 is 1.61 bits per heavy atom. The van der Waals surface area contributed by atoms with Crippen LogP contribution in [0.3, 0.4) is 0 Å². The maximum absolute atomic E-state index is 12.5. The lowest BCUT2D eigenvalue weighted by Crippen LogP contribution is -2.33. The third-order valence-electron chi connectivity index (χ3n) is 5.39. The van der Waals surface area contributed by atoms with Gasteiger partial charge in [0.25, 0.3) is 0 Å². The molecule has 0 bridgehead atoms. The summed E-state index contributed by atoms with van der Waals surface area (Å²) in [6.07, 6.45) is 1.91. The Bertz CT molecular complexity index is 1050. The summed E-state index contributed by atoms with van der Waals surface area (Å²) in [5.41, 5.74) is 8.14. The first-order valence-corrected chi connectivity index (χ1v) is 11.0. The molecule has 1 aromatic heterocycles. The molecule has 0 aliphatic heterocycles. The molecule has 2 amide bonds. The maximum atomic E-state index is 12.5. The second kappa shape index (κ2) is 11.7. The SMILES string of the molecule is CCC(CC)C(N)CC(=O)Oc1ccccc1NC(=O)Nc1ccc(-c2ccccc2)nn1. The van der Waals surface area contributed by atoms with Crippen LogP contribution >= 0.6 is 0 Å². The van der Waals surface area contributed by atoms with Gasteiger partial charge in [-0.3, -0.25) is 10.1 Å². The van der Waals surface area contributed by atoms with Gasteiger partial charge >= 0.3 is 12.0 Å². The number of anilines is 2. The molecule has 1 heterocycles. The van der Waals surface area contributed by atoms with Crippen molar-refractivity contribution in [3.8, 4) is 17.0 Å². The molecule has 0 fully saturated rings. The van der Waals surface area contributed by atoms with E-state index in [1.54, 1.807) is 36.4 Å². The molecule has 172 valence electrons. The van der Waals surface area contributed by atoms with Crippen LogP contribution in [0.5, 0.6) is 5.75 Å². The number of carbonyl (C=O) groups is 2. The summed E-state index contributed by atoms with van der Waals surface area (Å²) in [7, 11) is 0. The van der Waals surface area contributed by atoms with Crippen molar-refractivity contribution in [1.82, 2.24) is 10.2 Å². The highest BCUT2D eigenvalue weighted by atomic mass is 16.5. The average molecular weight is 448 g/mol. The van der Waals surface area contributed by atoms with Crippen molar-refractivity contribution in [2.24, 2.45) is 11.7 Å². The second-order valence-corrected chi connectivity index (χ2v) is 7.66. The summed E-state index contributed by atoms with van der Waals surface area (Å²) < 4.78 is 5.48. The van der Waals surface area contributed by atoms with Gasteiger partial charge in [0.2, 0.25) is 0 Å². The second-order valence-electron chi connectivity index (χ2n) is 7.66. The van der Waals surface area contributed by atoms with E-state index in [0.29, 0.717) is 11.4 Å². The molecule has 3 aromatic rings. The first-order valence-electron chi connectivity index (χ1n) is 11.0. The molecule has 1 unspecified atom stereocenters. The Morgan fingerprint density at radius 1 is 0.909 bits per heavy atom. The number of nitrogens with two attached hydrogens (primary N) is 1. The van der Waals surface area contributed by atoms with Crippen LogP contribution in [0.1, 0.15) is 33.1 Å². The zero-order valence-corrected chi connectivity index (χ0v) is 18.8. The van der Waals surface area contributed by atoms with E-state index >= 15 is 0 Å². The highest BCUT2D eigenvalue weighted by Crippen LogP contribution is 2.25. The van der Waals surface area contributed by atoms with E-state index in [4.69, 9.17) is 10.5 Å². The molecule has 8 nitrogen and oxygen atoms in total. The number of carbonyl (C=O) groups excluding carboxylic acids is 2. The molecule has 2 aromatic carbocycles. The summed E-state index contributed by atoms with van der Waals surface area (Å²) in [6.45, 7) is 4.10. The molecule has 4 N–H and O–H groups in total. The Labute approximate surface area is 193 Å². The molecule has 0 aliphatic rings. The number of amides is 2. The predicted molar refractivity (Wildman–Crippen MR) is 129 cm³/mol. The number of esters is 1. The number of hydrogen-bond acceptors (Lipinski definition) is 6.